The van der Waals surface area contributed by atoms with E-state index < -0.39 is 12.1 Å². The van der Waals surface area contributed by atoms with E-state index in [0.717, 1.165) is 19.4 Å². The van der Waals surface area contributed by atoms with Crippen LogP contribution in [0.15, 0.2) is 30.3 Å². The Morgan fingerprint density at radius 3 is 2.46 bits per heavy atom. The van der Waals surface area contributed by atoms with Crippen LogP contribution in [0.1, 0.15) is 12.0 Å². The summed E-state index contributed by atoms with van der Waals surface area (Å²) in [6.07, 6.45) is -2.62. The van der Waals surface area contributed by atoms with Crippen molar-refractivity contribution in [2.45, 2.75) is 31.2 Å². The van der Waals surface area contributed by atoms with Crippen molar-refractivity contribution in [2.75, 3.05) is 26.9 Å². The summed E-state index contributed by atoms with van der Waals surface area (Å²) >= 11 is 0. The first-order chi connectivity index (χ1) is 11.3. The highest BCUT2D eigenvalue weighted by Gasteiger charge is 2.38. The second-order valence-electron chi connectivity index (χ2n) is 5.24. The molecule has 1 saturated heterocycles. The fourth-order valence-corrected chi connectivity index (χ4v) is 2.30. The van der Waals surface area contributed by atoms with Crippen LogP contribution in [0.4, 0.5) is 13.2 Å². The molecule has 0 spiro atoms. The molecule has 8 heteroatoms. The Balaban J connectivity index is 0.000000351. The average Bonchev–Trinajstić information content (AvgIpc) is 2.95. The molecule has 1 aliphatic heterocycles. The molecule has 2 atom stereocenters. The molecular formula is C16H22F3NO4. The Morgan fingerprint density at radius 1 is 1.29 bits per heavy atom. The van der Waals surface area contributed by atoms with Gasteiger partial charge in [-0.2, -0.15) is 13.2 Å². The van der Waals surface area contributed by atoms with E-state index in [9.17, 15) is 13.2 Å². The number of hydrogen-bond acceptors (Lipinski definition) is 4. The number of alkyl halides is 3. The monoisotopic (exact) mass is 349 g/mol. The first-order valence-corrected chi connectivity index (χ1v) is 7.52. The Bertz CT molecular complexity index is 482. The van der Waals surface area contributed by atoms with Gasteiger partial charge in [-0.1, -0.05) is 30.3 Å². The molecule has 0 saturated carbocycles. The molecule has 2 rings (SSSR count). The van der Waals surface area contributed by atoms with E-state index in [1.165, 1.54) is 5.56 Å². The van der Waals surface area contributed by atoms with E-state index in [4.69, 9.17) is 19.4 Å². The van der Waals surface area contributed by atoms with Crippen molar-refractivity contribution in [1.29, 1.82) is 0 Å². The third-order valence-corrected chi connectivity index (χ3v) is 3.44. The maximum absolute atomic E-state index is 10.6. The lowest BCUT2D eigenvalue weighted by molar-refractivity contribution is -0.192. The molecule has 0 bridgehead atoms. The largest absolute Gasteiger partial charge is 0.490 e. The normalized spacial score (nSPS) is 20.3. The zero-order valence-corrected chi connectivity index (χ0v) is 13.4. The van der Waals surface area contributed by atoms with Gasteiger partial charge in [-0.25, -0.2) is 4.79 Å². The summed E-state index contributed by atoms with van der Waals surface area (Å²) in [5.74, 6) is -2.76. The molecule has 5 nitrogen and oxygen atoms in total. The molecule has 0 amide bonds. The summed E-state index contributed by atoms with van der Waals surface area (Å²) in [5.41, 5.74) is 1.37. The van der Waals surface area contributed by atoms with E-state index in [2.05, 4.69) is 35.6 Å². The lowest BCUT2D eigenvalue weighted by atomic mass is 10.0. The highest BCUT2D eigenvalue weighted by Crippen LogP contribution is 2.16. The average molecular weight is 349 g/mol. The highest BCUT2D eigenvalue weighted by atomic mass is 19.4. The number of carbonyl (C=O) groups is 1. The van der Waals surface area contributed by atoms with Crippen molar-refractivity contribution >= 4 is 5.97 Å². The van der Waals surface area contributed by atoms with Crippen LogP contribution in [0.2, 0.25) is 0 Å². The number of aliphatic carboxylic acids is 1. The first-order valence-electron chi connectivity index (χ1n) is 7.52. The number of carboxylic acid groups (broad SMARTS) is 1. The molecule has 0 aromatic heterocycles. The molecule has 1 aliphatic rings. The van der Waals surface area contributed by atoms with Crippen LogP contribution in [0.3, 0.4) is 0 Å². The number of benzene rings is 1. The van der Waals surface area contributed by atoms with Crippen LogP contribution in [0.5, 0.6) is 0 Å². The van der Waals surface area contributed by atoms with Crippen molar-refractivity contribution in [3.8, 4) is 0 Å². The van der Waals surface area contributed by atoms with E-state index in [1.807, 2.05) is 0 Å². The first kappa shape index (κ1) is 20.4. The third-order valence-electron chi connectivity index (χ3n) is 3.44. The van der Waals surface area contributed by atoms with Gasteiger partial charge in [0.05, 0.1) is 19.3 Å². The molecule has 1 fully saturated rings. The maximum Gasteiger partial charge on any atom is 0.490 e. The highest BCUT2D eigenvalue weighted by molar-refractivity contribution is 5.73. The van der Waals surface area contributed by atoms with E-state index >= 15 is 0 Å². The Morgan fingerprint density at radius 2 is 1.92 bits per heavy atom. The molecular weight excluding hydrogens is 327 g/mol. The predicted octanol–water partition coefficient (Wildman–Crippen LogP) is 2.26. The van der Waals surface area contributed by atoms with Gasteiger partial charge in [-0.15, -0.1) is 0 Å². The Labute approximate surface area is 138 Å². The minimum absolute atomic E-state index is 0.324. The van der Waals surface area contributed by atoms with Crippen LogP contribution >= 0.6 is 0 Å². The molecule has 1 heterocycles. The van der Waals surface area contributed by atoms with Crippen LogP contribution in [-0.2, 0) is 20.7 Å². The van der Waals surface area contributed by atoms with E-state index in [-0.39, 0.29) is 0 Å². The number of hydrogen-bond donors (Lipinski definition) is 2. The zero-order chi connectivity index (χ0) is 18.0. The second-order valence-corrected chi connectivity index (χ2v) is 5.24. The van der Waals surface area contributed by atoms with Crippen LogP contribution in [0, 0.1) is 0 Å². The smallest absolute Gasteiger partial charge is 0.475 e. The van der Waals surface area contributed by atoms with Crippen LogP contribution in [0.25, 0.3) is 0 Å². The fourth-order valence-electron chi connectivity index (χ4n) is 2.30. The lowest BCUT2D eigenvalue weighted by Gasteiger charge is -2.20. The molecule has 1 aromatic carbocycles. The van der Waals surface area contributed by atoms with Gasteiger partial charge < -0.3 is 19.9 Å². The second kappa shape index (κ2) is 10.3. The SMILES string of the molecule is COCCO[C@@H]1CCN[C@H]1Cc1ccccc1.O=C(O)C(F)(F)F. The summed E-state index contributed by atoms with van der Waals surface area (Å²) < 4.78 is 42.6. The molecule has 24 heavy (non-hydrogen) atoms. The van der Waals surface area contributed by atoms with Gasteiger partial charge in [0.15, 0.2) is 0 Å². The van der Waals surface area contributed by atoms with Gasteiger partial charge in [0, 0.05) is 13.2 Å². The number of nitrogens with one attached hydrogen (secondary N) is 1. The summed E-state index contributed by atoms with van der Waals surface area (Å²) in [4.78, 5) is 8.90. The van der Waals surface area contributed by atoms with Gasteiger partial charge in [0.2, 0.25) is 0 Å². The van der Waals surface area contributed by atoms with Crippen molar-refractivity contribution in [3.05, 3.63) is 35.9 Å². The number of halogens is 3. The molecule has 0 radical (unpaired) electrons. The molecule has 1 aromatic rings. The predicted molar refractivity (Wildman–Crippen MR) is 81.9 cm³/mol. The van der Waals surface area contributed by atoms with Crippen molar-refractivity contribution in [2.24, 2.45) is 0 Å². The van der Waals surface area contributed by atoms with E-state index in [1.54, 1.807) is 7.11 Å². The third kappa shape index (κ3) is 7.76. The van der Waals surface area contributed by atoms with Gasteiger partial charge in [0.25, 0.3) is 0 Å². The molecule has 0 unspecified atom stereocenters. The topological polar surface area (TPSA) is 67.8 Å². The Kier molecular flexibility index (Phi) is 8.73. The van der Waals surface area contributed by atoms with Gasteiger partial charge in [-0.05, 0) is 24.9 Å². The van der Waals surface area contributed by atoms with Crippen LogP contribution in [-0.4, -0.2) is 56.3 Å². The van der Waals surface area contributed by atoms with Crippen molar-refractivity contribution in [3.63, 3.8) is 0 Å². The molecule has 0 aliphatic carbocycles. The lowest BCUT2D eigenvalue weighted by Crippen LogP contribution is -2.34. The van der Waals surface area contributed by atoms with Gasteiger partial charge in [0.1, 0.15) is 0 Å². The van der Waals surface area contributed by atoms with E-state index in [0.29, 0.717) is 25.4 Å². The number of rotatable bonds is 6. The molecule has 136 valence electrons. The standard InChI is InChI=1S/C14H21NO2.C2HF3O2/c1-16-9-10-17-14-7-8-15-13(14)11-12-5-3-2-4-6-12;3-2(4,5)1(6)7/h2-6,13-15H,7-11H2,1H3;(H,6,7)/t13-,14+;/m0./s1. The van der Waals surface area contributed by atoms with Crippen molar-refractivity contribution < 1.29 is 32.5 Å². The summed E-state index contributed by atoms with van der Waals surface area (Å²) in [6, 6.07) is 11.0. The van der Waals surface area contributed by atoms with Gasteiger partial charge in [-0.3, -0.25) is 0 Å². The van der Waals surface area contributed by atoms with Gasteiger partial charge >= 0.3 is 12.1 Å². The zero-order valence-electron chi connectivity index (χ0n) is 13.4. The number of carboxylic acids is 1. The number of methoxy groups -OCH3 is 1. The Hall–Kier alpha value is -1.64. The fraction of sp³-hybridized carbons (Fsp3) is 0.562. The molecule has 2 N–H and O–H groups in total. The summed E-state index contributed by atoms with van der Waals surface area (Å²) in [5, 5.41) is 10.6. The summed E-state index contributed by atoms with van der Waals surface area (Å²) in [6.45, 7) is 2.41. The van der Waals surface area contributed by atoms with Crippen LogP contribution < -0.4 is 5.32 Å². The summed E-state index contributed by atoms with van der Waals surface area (Å²) in [7, 11) is 1.71. The quantitative estimate of drug-likeness (QED) is 0.771. The van der Waals surface area contributed by atoms with Crippen molar-refractivity contribution in [1.82, 2.24) is 5.32 Å². The number of ether oxygens (including phenoxy) is 2. The minimum Gasteiger partial charge on any atom is -0.475 e. The maximum atomic E-state index is 10.6. The minimum atomic E-state index is -5.08.